The molecule has 2 rings (SSSR count). The number of carboxylic acids is 1. The summed E-state index contributed by atoms with van der Waals surface area (Å²) in [6, 6.07) is 7.14. The van der Waals surface area contributed by atoms with Crippen LogP contribution >= 0.6 is 0 Å². The molecule has 0 spiro atoms. The second kappa shape index (κ2) is 7.19. The topological polar surface area (TPSA) is 92.9 Å². The number of carboxylic acid groups (broad SMARTS) is 1. The smallest absolute Gasteiger partial charge is 0.305 e. The minimum absolute atomic E-state index is 0.0783. The fourth-order valence-electron chi connectivity index (χ4n) is 2.55. The number of ether oxygens (including phenoxy) is 1. The van der Waals surface area contributed by atoms with E-state index in [1.165, 1.54) is 0 Å². The Morgan fingerprint density at radius 1 is 1.33 bits per heavy atom. The molecular weight excluding hydrogens is 272 g/mol. The van der Waals surface area contributed by atoms with Gasteiger partial charge in [-0.15, -0.1) is 0 Å². The number of rotatable bonds is 5. The van der Waals surface area contributed by atoms with Crippen LogP contribution in [0.1, 0.15) is 17.5 Å². The van der Waals surface area contributed by atoms with Gasteiger partial charge in [0.1, 0.15) is 0 Å². The van der Waals surface area contributed by atoms with Crippen LogP contribution in [0.15, 0.2) is 24.3 Å². The molecule has 1 aromatic carbocycles. The Hall–Kier alpha value is -1.92. The summed E-state index contributed by atoms with van der Waals surface area (Å²) < 4.78 is 5.28. The van der Waals surface area contributed by atoms with Crippen molar-refractivity contribution < 1.29 is 19.4 Å². The summed E-state index contributed by atoms with van der Waals surface area (Å²) in [7, 11) is 0. The molecule has 1 aromatic rings. The number of carbonyl (C=O) groups is 2. The van der Waals surface area contributed by atoms with Gasteiger partial charge in [-0.3, -0.25) is 9.59 Å². The van der Waals surface area contributed by atoms with Crippen LogP contribution in [-0.4, -0.2) is 47.7 Å². The maximum absolute atomic E-state index is 12.5. The van der Waals surface area contributed by atoms with Gasteiger partial charge in [-0.2, -0.15) is 0 Å². The summed E-state index contributed by atoms with van der Waals surface area (Å²) >= 11 is 0. The Balaban J connectivity index is 2.08. The van der Waals surface area contributed by atoms with E-state index in [1.54, 1.807) is 4.90 Å². The zero-order valence-corrected chi connectivity index (χ0v) is 11.8. The van der Waals surface area contributed by atoms with Crippen LogP contribution in [0.5, 0.6) is 0 Å². The number of carbonyl (C=O) groups excluding carboxylic acids is 1. The van der Waals surface area contributed by atoms with Gasteiger partial charge in [-0.25, -0.2) is 0 Å². The van der Waals surface area contributed by atoms with E-state index in [4.69, 9.17) is 15.6 Å². The first kappa shape index (κ1) is 15.5. The van der Waals surface area contributed by atoms with E-state index in [9.17, 15) is 9.59 Å². The van der Waals surface area contributed by atoms with Crippen molar-refractivity contribution in [1.82, 2.24) is 4.90 Å². The molecule has 1 amide bonds. The summed E-state index contributed by atoms with van der Waals surface area (Å²) in [6.45, 7) is 1.53. The lowest BCUT2D eigenvalue weighted by atomic mass is 10.0. The Kier molecular flexibility index (Phi) is 5.30. The van der Waals surface area contributed by atoms with Crippen LogP contribution in [-0.2, 0) is 27.3 Å². The molecule has 1 saturated heterocycles. The molecule has 6 heteroatoms. The maximum Gasteiger partial charge on any atom is 0.305 e. The second-order valence-electron chi connectivity index (χ2n) is 5.06. The number of aliphatic carboxylic acids is 1. The Bertz CT molecular complexity index is 518. The van der Waals surface area contributed by atoms with Crippen LogP contribution < -0.4 is 5.73 Å². The van der Waals surface area contributed by atoms with Crippen molar-refractivity contribution in [2.24, 2.45) is 5.73 Å². The molecule has 0 aromatic heterocycles. The van der Waals surface area contributed by atoms with Crippen LogP contribution in [0.25, 0.3) is 0 Å². The summed E-state index contributed by atoms with van der Waals surface area (Å²) in [5.74, 6) is -1.00. The first-order valence-electron chi connectivity index (χ1n) is 6.97. The number of hydrogen-bond acceptors (Lipinski definition) is 4. The number of benzene rings is 1. The Morgan fingerprint density at radius 2 is 2.05 bits per heavy atom. The normalized spacial score (nSPS) is 18.5. The highest BCUT2D eigenvalue weighted by atomic mass is 16.5. The number of nitrogens with zero attached hydrogens (tertiary/aromatic N) is 1. The molecule has 0 aliphatic carbocycles. The number of hydrogen-bond donors (Lipinski definition) is 2. The van der Waals surface area contributed by atoms with E-state index in [0.29, 0.717) is 19.7 Å². The monoisotopic (exact) mass is 292 g/mol. The van der Waals surface area contributed by atoms with E-state index in [-0.39, 0.29) is 25.4 Å². The van der Waals surface area contributed by atoms with Crippen LogP contribution in [0, 0.1) is 0 Å². The maximum atomic E-state index is 12.5. The molecule has 1 heterocycles. The lowest BCUT2D eigenvalue weighted by molar-refractivity contribution is -0.145. The van der Waals surface area contributed by atoms with E-state index < -0.39 is 12.0 Å². The molecule has 114 valence electrons. The summed E-state index contributed by atoms with van der Waals surface area (Å²) in [6.07, 6.45) is 0.147. The van der Waals surface area contributed by atoms with Gasteiger partial charge >= 0.3 is 5.97 Å². The van der Waals surface area contributed by atoms with Gasteiger partial charge in [-0.1, -0.05) is 24.3 Å². The highest BCUT2D eigenvalue weighted by Gasteiger charge is 2.29. The molecule has 1 aliphatic heterocycles. The van der Waals surface area contributed by atoms with Gasteiger partial charge in [0.25, 0.3) is 0 Å². The van der Waals surface area contributed by atoms with E-state index in [2.05, 4.69) is 0 Å². The Labute approximate surface area is 123 Å². The molecule has 3 N–H and O–H groups in total. The van der Waals surface area contributed by atoms with Crippen molar-refractivity contribution in [2.75, 3.05) is 19.8 Å². The third kappa shape index (κ3) is 4.03. The first-order chi connectivity index (χ1) is 10.1. The fraction of sp³-hybridized carbons (Fsp3) is 0.467. The van der Waals surface area contributed by atoms with Crippen molar-refractivity contribution in [1.29, 1.82) is 0 Å². The van der Waals surface area contributed by atoms with Gasteiger partial charge in [0.2, 0.25) is 5.91 Å². The highest BCUT2D eigenvalue weighted by molar-refractivity contribution is 5.80. The third-order valence-electron chi connectivity index (χ3n) is 3.64. The van der Waals surface area contributed by atoms with Gasteiger partial charge in [0.05, 0.1) is 32.1 Å². The fourth-order valence-corrected chi connectivity index (χ4v) is 2.55. The lowest BCUT2D eigenvalue weighted by Gasteiger charge is -2.35. The Morgan fingerprint density at radius 3 is 2.71 bits per heavy atom. The molecule has 0 bridgehead atoms. The average molecular weight is 292 g/mol. The minimum atomic E-state index is -0.925. The van der Waals surface area contributed by atoms with Gasteiger partial charge in [-0.05, 0) is 11.1 Å². The molecule has 1 unspecified atom stereocenters. The zero-order chi connectivity index (χ0) is 15.2. The van der Waals surface area contributed by atoms with E-state index in [0.717, 1.165) is 11.1 Å². The van der Waals surface area contributed by atoms with Crippen molar-refractivity contribution >= 4 is 11.9 Å². The van der Waals surface area contributed by atoms with Crippen molar-refractivity contribution in [3.63, 3.8) is 0 Å². The second-order valence-corrected chi connectivity index (χ2v) is 5.06. The van der Waals surface area contributed by atoms with Gasteiger partial charge in [0, 0.05) is 13.1 Å². The molecule has 1 fully saturated rings. The highest BCUT2D eigenvalue weighted by Crippen LogP contribution is 2.15. The summed E-state index contributed by atoms with van der Waals surface area (Å²) in [5, 5.41) is 8.93. The van der Waals surface area contributed by atoms with Crippen molar-refractivity contribution in [3.05, 3.63) is 35.4 Å². The zero-order valence-electron chi connectivity index (χ0n) is 11.8. The van der Waals surface area contributed by atoms with Crippen molar-refractivity contribution in [2.45, 2.75) is 25.4 Å². The molecule has 21 heavy (non-hydrogen) atoms. The summed E-state index contributed by atoms with van der Waals surface area (Å²) in [4.78, 5) is 25.0. The van der Waals surface area contributed by atoms with Crippen molar-refractivity contribution in [3.8, 4) is 0 Å². The number of nitrogens with two attached hydrogens (primary N) is 1. The molecule has 1 aliphatic rings. The lowest BCUT2D eigenvalue weighted by Crippen LogP contribution is -2.50. The van der Waals surface area contributed by atoms with Crippen LogP contribution in [0.3, 0.4) is 0 Å². The molecule has 0 radical (unpaired) electrons. The van der Waals surface area contributed by atoms with Crippen LogP contribution in [0.2, 0.25) is 0 Å². The van der Waals surface area contributed by atoms with E-state index in [1.807, 2.05) is 24.3 Å². The predicted molar refractivity (Wildman–Crippen MR) is 76.6 cm³/mol. The molecule has 0 saturated carbocycles. The molecular formula is C15H20N2O4. The minimum Gasteiger partial charge on any atom is -0.481 e. The number of morpholine rings is 1. The molecule has 6 nitrogen and oxygen atoms in total. The van der Waals surface area contributed by atoms with E-state index >= 15 is 0 Å². The largest absolute Gasteiger partial charge is 0.481 e. The average Bonchev–Trinajstić information content (AvgIpc) is 2.47. The SMILES string of the molecule is NCc1ccccc1CC(=O)N1CCOCC1CC(=O)O. The third-order valence-corrected chi connectivity index (χ3v) is 3.64. The molecule has 1 atom stereocenters. The van der Waals surface area contributed by atoms with Gasteiger partial charge in [0.15, 0.2) is 0 Å². The van der Waals surface area contributed by atoms with Crippen LogP contribution in [0.4, 0.5) is 0 Å². The quantitative estimate of drug-likeness (QED) is 0.819. The predicted octanol–water partition coefficient (Wildman–Crippen LogP) is 0.390. The number of amides is 1. The van der Waals surface area contributed by atoms with Gasteiger partial charge < -0.3 is 20.5 Å². The summed E-state index contributed by atoms with van der Waals surface area (Å²) in [5.41, 5.74) is 7.51. The standard InChI is InChI=1S/C15H20N2O4/c16-9-12-4-2-1-3-11(12)7-14(18)17-5-6-21-10-13(17)8-15(19)20/h1-4,13H,5-10,16H2,(H,19,20). The first-order valence-corrected chi connectivity index (χ1v) is 6.97.